The van der Waals surface area contributed by atoms with E-state index in [-0.39, 0.29) is 71.0 Å². The van der Waals surface area contributed by atoms with Gasteiger partial charge in [0.05, 0.1) is 5.92 Å². The molecule has 0 aromatic carbocycles. The van der Waals surface area contributed by atoms with Crippen molar-refractivity contribution in [2.45, 2.75) is 128 Å². The first-order chi connectivity index (χ1) is 21.7. The fourth-order valence-corrected chi connectivity index (χ4v) is 9.20. The number of hydrogen-bond acceptors (Lipinski definition) is 9. The van der Waals surface area contributed by atoms with Crippen molar-refractivity contribution in [3.05, 3.63) is 36.5 Å². The van der Waals surface area contributed by atoms with Crippen LogP contribution in [0, 0.1) is 35.5 Å². The molecular weight excluding hydrogens is 588 g/mol. The zero-order valence-electron chi connectivity index (χ0n) is 27.9. The SMILES string of the molecule is C=C(C)C(=O)OC1(CC)CCCC1.C=C(C)C(=O)OC12CC3CC(C1)C(=O)C(C3)C2.C=C(C)C(=O)OC1C2CC3C(=O)OC1C3C2. The minimum Gasteiger partial charge on any atom is -0.458 e. The van der Waals surface area contributed by atoms with Crippen molar-refractivity contribution in [3.8, 4) is 0 Å². The van der Waals surface area contributed by atoms with E-state index < -0.39 is 0 Å². The second kappa shape index (κ2) is 13.1. The molecule has 9 nitrogen and oxygen atoms in total. The third-order valence-electron chi connectivity index (χ3n) is 11.4. The molecule has 7 saturated carbocycles. The second-order valence-electron chi connectivity index (χ2n) is 15.1. The van der Waals surface area contributed by atoms with E-state index in [4.69, 9.17) is 18.9 Å². The lowest BCUT2D eigenvalue weighted by atomic mass is 9.53. The van der Waals surface area contributed by atoms with Crippen molar-refractivity contribution >= 4 is 29.7 Å². The fourth-order valence-electron chi connectivity index (χ4n) is 9.20. The molecule has 8 rings (SSSR count). The van der Waals surface area contributed by atoms with Crippen LogP contribution in [0.3, 0.4) is 0 Å². The molecule has 7 unspecified atom stereocenters. The van der Waals surface area contributed by atoms with Crippen LogP contribution in [-0.4, -0.2) is 53.1 Å². The van der Waals surface area contributed by atoms with E-state index in [0.717, 1.165) is 64.2 Å². The molecule has 8 aliphatic rings. The molecule has 0 radical (unpaired) electrons. The summed E-state index contributed by atoms with van der Waals surface area (Å²) in [4.78, 5) is 58.0. The van der Waals surface area contributed by atoms with Crippen LogP contribution in [-0.2, 0) is 42.9 Å². The first-order valence-electron chi connectivity index (χ1n) is 17.0. The standard InChI is InChI=1S/C14H18O3.C12H14O4.C11H18O2/c1-8(2)13(16)17-14-5-9-3-10(6-14)12(15)11(4-9)7-14;1-5(2)11(13)15-9-6-3-7-8(4-6)12(14)16-10(7)9;1-4-11(7-5-6-8-11)13-10(12)9(2)3/h9-11H,1,3-7H2,2H3;6-10H,1,3-4H2,2H3;2,4-8H2,1,3H3. The average molecular weight is 639 g/mol. The van der Waals surface area contributed by atoms with Gasteiger partial charge < -0.3 is 18.9 Å². The van der Waals surface area contributed by atoms with Gasteiger partial charge in [-0.25, -0.2) is 14.4 Å². The van der Waals surface area contributed by atoms with Crippen molar-refractivity contribution < 1.29 is 42.9 Å². The number of carbonyl (C=O) groups is 5. The highest BCUT2D eigenvalue weighted by molar-refractivity contribution is 5.89. The monoisotopic (exact) mass is 638 g/mol. The second-order valence-corrected chi connectivity index (χ2v) is 15.1. The summed E-state index contributed by atoms with van der Waals surface area (Å²) < 4.78 is 21.8. The van der Waals surface area contributed by atoms with Crippen LogP contribution in [0.15, 0.2) is 36.5 Å². The molecular formula is C37H50O9. The Bertz CT molecular complexity index is 1300. The average Bonchev–Trinajstić information content (AvgIpc) is 3.75. The minimum atomic E-state index is -0.378. The van der Waals surface area contributed by atoms with Gasteiger partial charge in [0.25, 0.3) is 0 Å². The van der Waals surface area contributed by atoms with Crippen LogP contribution >= 0.6 is 0 Å². The molecule has 0 aromatic heterocycles. The number of ketones is 1. The molecule has 0 aromatic rings. The molecule has 0 spiro atoms. The van der Waals surface area contributed by atoms with Gasteiger partial charge in [-0.05, 0) is 104 Å². The van der Waals surface area contributed by atoms with Gasteiger partial charge in [-0.2, -0.15) is 0 Å². The van der Waals surface area contributed by atoms with E-state index in [1.807, 2.05) is 0 Å². The highest BCUT2D eigenvalue weighted by Gasteiger charge is 2.63. The summed E-state index contributed by atoms with van der Waals surface area (Å²) in [6.07, 6.45) is 11.1. The third kappa shape index (κ3) is 6.75. The molecule has 8 fully saturated rings. The first-order valence-corrected chi connectivity index (χ1v) is 17.0. The minimum absolute atomic E-state index is 0.0646. The first kappa shape index (κ1) is 34.1. The largest absolute Gasteiger partial charge is 0.458 e. The lowest BCUT2D eigenvalue weighted by molar-refractivity contribution is -0.186. The normalized spacial score (nSPS) is 36.4. The summed E-state index contributed by atoms with van der Waals surface area (Å²) in [5.74, 6) is 0.945. The van der Waals surface area contributed by atoms with Gasteiger partial charge in [-0.1, -0.05) is 26.7 Å². The van der Waals surface area contributed by atoms with E-state index >= 15 is 0 Å². The van der Waals surface area contributed by atoms with Gasteiger partial charge >= 0.3 is 23.9 Å². The summed E-state index contributed by atoms with van der Waals surface area (Å²) in [5.41, 5.74) is 0.826. The third-order valence-corrected chi connectivity index (χ3v) is 11.4. The lowest BCUT2D eigenvalue weighted by Crippen LogP contribution is -2.56. The number of ether oxygens (including phenoxy) is 4. The summed E-state index contributed by atoms with van der Waals surface area (Å²) in [6, 6.07) is 0. The van der Waals surface area contributed by atoms with Gasteiger partial charge in [0.2, 0.25) is 0 Å². The number of carbonyl (C=O) groups excluding carboxylic acids is 5. The van der Waals surface area contributed by atoms with Gasteiger partial charge in [0.1, 0.15) is 29.2 Å². The lowest BCUT2D eigenvalue weighted by Gasteiger charge is -2.54. The predicted octanol–water partition coefficient (Wildman–Crippen LogP) is 6.14. The zero-order chi connectivity index (χ0) is 33.6. The highest BCUT2D eigenvalue weighted by Crippen LogP contribution is 2.56. The number of fused-ring (bicyclic) bond motifs is 1. The Morgan fingerprint density at radius 2 is 1.37 bits per heavy atom. The smallest absolute Gasteiger partial charge is 0.333 e. The van der Waals surface area contributed by atoms with Crippen molar-refractivity contribution in [1.82, 2.24) is 0 Å². The number of hydrogen-bond donors (Lipinski definition) is 0. The fraction of sp³-hybridized carbons (Fsp3) is 0.703. The molecule has 1 heterocycles. The highest BCUT2D eigenvalue weighted by atomic mass is 16.6. The Balaban J connectivity index is 0.000000137. The molecule has 252 valence electrons. The van der Waals surface area contributed by atoms with Gasteiger partial charge in [-0.15, -0.1) is 0 Å². The molecule has 0 N–H and O–H groups in total. The van der Waals surface area contributed by atoms with E-state index in [0.29, 0.717) is 34.3 Å². The summed E-state index contributed by atoms with van der Waals surface area (Å²) >= 11 is 0. The topological polar surface area (TPSA) is 122 Å². The quantitative estimate of drug-likeness (QED) is 0.184. The van der Waals surface area contributed by atoms with E-state index in [9.17, 15) is 24.0 Å². The number of esters is 4. The Kier molecular flexibility index (Phi) is 9.72. The van der Waals surface area contributed by atoms with Crippen molar-refractivity contribution in [3.63, 3.8) is 0 Å². The maximum absolute atomic E-state index is 12.0. The van der Waals surface area contributed by atoms with E-state index in [2.05, 4.69) is 26.7 Å². The van der Waals surface area contributed by atoms with Crippen LogP contribution in [0.25, 0.3) is 0 Å². The Labute approximate surface area is 272 Å². The molecule has 7 atom stereocenters. The van der Waals surface area contributed by atoms with Gasteiger partial charge in [0, 0.05) is 40.4 Å². The van der Waals surface area contributed by atoms with Crippen molar-refractivity contribution in [1.29, 1.82) is 0 Å². The van der Waals surface area contributed by atoms with Crippen molar-refractivity contribution in [2.24, 2.45) is 35.5 Å². The maximum Gasteiger partial charge on any atom is 0.333 e. The summed E-state index contributed by atoms with van der Waals surface area (Å²) in [6.45, 7) is 17.8. The van der Waals surface area contributed by atoms with Crippen LogP contribution in [0.5, 0.6) is 0 Å². The van der Waals surface area contributed by atoms with E-state index in [1.165, 1.54) is 12.8 Å². The summed E-state index contributed by atoms with van der Waals surface area (Å²) in [5, 5.41) is 0. The predicted molar refractivity (Wildman–Crippen MR) is 169 cm³/mol. The van der Waals surface area contributed by atoms with Crippen LogP contribution in [0.2, 0.25) is 0 Å². The van der Waals surface area contributed by atoms with Gasteiger partial charge in [0.15, 0.2) is 0 Å². The molecule has 6 bridgehead atoms. The number of rotatable bonds is 7. The van der Waals surface area contributed by atoms with E-state index in [1.54, 1.807) is 20.8 Å². The maximum atomic E-state index is 12.0. The van der Waals surface area contributed by atoms with Crippen LogP contribution < -0.4 is 0 Å². The van der Waals surface area contributed by atoms with Gasteiger partial charge in [-0.3, -0.25) is 9.59 Å². The number of Topliss-reactive ketones (excluding diaryl/α,β-unsaturated/α-hetero) is 1. The molecule has 0 amide bonds. The van der Waals surface area contributed by atoms with Crippen LogP contribution in [0.4, 0.5) is 0 Å². The Hall–Kier alpha value is -3.23. The molecule has 7 aliphatic carbocycles. The van der Waals surface area contributed by atoms with Crippen molar-refractivity contribution in [2.75, 3.05) is 0 Å². The van der Waals surface area contributed by atoms with Crippen LogP contribution in [0.1, 0.15) is 105 Å². The molecule has 9 heteroatoms. The molecule has 46 heavy (non-hydrogen) atoms. The summed E-state index contributed by atoms with van der Waals surface area (Å²) in [7, 11) is 0. The Morgan fingerprint density at radius 1 is 0.804 bits per heavy atom. The molecule has 1 aliphatic heterocycles. The zero-order valence-corrected chi connectivity index (χ0v) is 27.9. The molecule has 1 saturated heterocycles. The Morgan fingerprint density at radius 3 is 1.91 bits per heavy atom.